The minimum atomic E-state index is -2.35. The number of carbonyl (C=O) groups is 2. The molecule has 49 heteroatoms. The van der Waals surface area contributed by atoms with Gasteiger partial charge in [-0.15, -0.1) is 0 Å². The SMILES string of the molecule is O=C(O)c1ccc(N=Nc2ccc(NCCNc3ccc(N=Nc4ccc(C(=O)NC[C@H]5O[C@@H]6O[C@H]7[C@H](O)[C@@H](O)[C@@H](O[C@H]8[C@H](O)[C@@H](O)[C@@H](O[C@H]9[C@H](O)[C@@H](O)[C@@H](O[C@H]%10[C@H](O)[C@@H](O)[C@@H](O[C@H]%11[C@H](O)[C@@H](O)[C@@H](O[C@H]%12[C@H](O)[C@@H](O)[C@@H](O[C@H]%13[C@H](O)[C@@H](O)[C@@H](O[C@H]5[C@H](O)[C@H]6O)O[C@@H]%13CO)O[C@@H]%12CO)O[C@@H]%11CO)O[C@@H]%10CO)O[C@@H]9CO)O[C@@H]8CO)O[C@@H]7CO)cc4)cc3)cc2)cc1. The van der Waals surface area contributed by atoms with Crippen molar-refractivity contribution in [1.29, 1.82) is 0 Å². The van der Waals surface area contributed by atoms with E-state index < -0.39 is 310 Å². The number of rotatable bonds is 20. The van der Waals surface area contributed by atoms with Crippen molar-refractivity contribution < 1.29 is 208 Å². The van der Waals surface area contributed by atoms with Crippen LogP contribution in [0.2, 0.25) is 0 Å². The van der Waals surface area contributed by atoms with Gasteiger partial charge in [0, 0.05) is 36.6 Å². The number of anilines is 2. The van der Waals surface area contributed by atoms with Gasteiger partial charge in [-0.2, -0.15) is 20.5 Å². The van der Waals surface area contributed by atoms with Gasteiger partial charge >= 0.3 is 5.97 Å². The van der Waals surface area contributed by atoms with Crippen molar-refractivity contribution >= 4 is 46.0 Å². The van der Waals surface area contributed by atoms with E-state index >= 15 is 0 Å². The molecule has 125 heavy (non-hydrogen) atoms. The summed E-state index contributed by atoms with van der Waals surface area (Å²) in [6, 6.07) is 25.8. The standard InChI is InChI=1S/C76H103N7O42/c84-20-36-60-45(93)53(101)71(112-36)121-62-38(22-86)114-73(55(103)47(62)95)123-64-40(24-88)116-75(57(105)49(64)97)125-66-42(26-90)117-76(58(106)50(66)98)124-65-41(25-89)115-74(56(104)48(65)96)122-63-39(23-87)113-72(54(102)46(63)94)120-61-37(21-85)111-70(52(100)44(61)92)118-59-35(110-69(119-60)51(99)43(59)91)19-79-67(107)27-1-5-31(6-2-27)80-82-33-13-9-29(10-14-33)77-17-18-78-30-11-15-34(16-12-30)83-81-32-7-3-28(4-8-32)68(108)109/h1-16,35-66,69-78,84-106H,17-26H2,(H,79,107)(H,108,109)/t35-,36-,37-,38-,39-,40-,41-,42-,43-,44-,45-,46-,47-,48-,49-,50-,51-,52-,53-,54-,55-,56-,57-,58-,59-,60-,61-,62-,63-,64-,65-,66-,69-,70-,71-,72-,73-,74-,75-,76-/m1/s1. The van der Waals surface area contributed by atoms with Gasteiger partial charge in [0.2, 0.25) is 0 Å². The fourth-order valence-electron chi connectivity index (χ4n) is 15.5. The number of carboxylic acids is 1. The van der Waals surface area contributed by atoms with Gasteiger partial charge in [-0.05, 0) is 97.1 Å². The minimum absolute atomic E-state index is 0.0161. The number of benzene rings is 4. The molecule has 30 fully saturated rings. The molecule has 30 aliphatic rings. The number of hydrogen-bond acceptors (Lipinski definition) is 47. The first-order valence-electron chi connectivity index (χ1n) is 39.8. The summed E-state index contributed by atoms with van der Waals surface area (Å²) in [5.41, 5.74) is 3.53. The van der Waals surface area contributed by atoms with E-state index in [1.54, 1.807) is 48.5 Å². The highest BCUT2D eigenvalue weighted by atomic mass is 16.8. The summed E-state index contributed by atoms with van der Waals surface area (Å²) in [6.45, 7) is -7.52. The molecule has 0 saturated carbocycles. The molecule has 40 atom stereocenters. The molecule has 30 aliphatic heterocycles. The van der Waals surface area contributed by atoms with Crippen LogP contribution in [0.5, 0.6) is 0 Å². The number of nitrogens with one attached hydrogen (secondary N) is 3. The number of hydrogen-bond donors (Lipinski definition) is 27. The van der Waals surface area contributed by atoms with Crippen LogP contribution in [-0.2, 0) is 75.8 Å². The molecule has 49 nitrogen and oxygen atoms in total. The zero-order valence-electron chi connectivity index (χ0n) is 65.8. The van der Waals surface area contributed by atoms with Crippen LogP contribution >= 0.6 is 0 Å². The van der Waals surface area contributed by atoms with Gasteiger partial charge in [0.25, 0.3) is 5.91 Å². The molecule has 4 aromatic carbocycles. The van der Waals surface area contributed by atoms with Crippen molar-refractivity contribution in [2.24, 2.45) is 20.5 Å². The molecule has 1 amide bonds. The largest absolute Gasteiger partial charge is 0.478 e. The third-order valence-electron chi connectivity index (χ3n) is 22.5. The molecule has 0 aliphatic carbocycles. The lowest BCUT2D eigenvalue weighted by atomic mass is 9.94. The summed E-state index contributed by atoms with van der Waals surface area (Å²) in [5.74, 6) is -1.88. The molecule has 0 unspecified atom stereocenters. The molecule has 27 N–H and O–H groups in total. The van der Waals surface area contributed by atoms with Crippen LogP contribution in [0.3, 0.4) is 0 Å². The van der Waals surface area contributed by atoms with Crippen molar-refractivity contribution in [2.75, 3.05) is 76.5 Å². The van der Waals surface area contributed by atoms with Crippen molar-refractivity contribution in [1.82, 2.24) is 5.32 Å². The summed E-state index contributed by atoms with van der Waals surface area (Å²) in [5, 5.41) is 296. The lowest BCUT2D eigenvalue weighted by Gasteiger charge is -2.50. The van der Waals surface area contributed by atoms with E-state index in [1.165, 1.54) is 36.4 Å². The van der Waals surface area contributed by atoms with E-state index in [4.69, 9.17) is 80.9 Å². The Balaban J connectivity index is 0.705. The maximum atomic E-state index is 14.1. The lowest BCUT2D eigenvalue weighted by molar-refractivity contribution is -0.403. The van der Waals surface area contributed by atoms with Gasteiger partial charge in [0.15, 0.2) is 50.3 Å². The van der Waals surface area contributed by atoms with Gasteiger partial charge in [-0.25, -0.2) is 4.79 Å². The van der Waals surface area contributed by atoms with Crippen LogP contribution in [0, 0.1) is 0 Å². The van der Waals surface area contributed by atoms with Crippen molar-refractivity contribution in [3.05, 3.63) is 108 Å². The van der Waals surface area contributed by atoms with E-state index in [0.29, 0.717) is 30.2 Å². The third kappa shape index (κ3) is 21.4. The van der Waals surface area contributed by atoms with Crippen LogP contribution in [0.4, 0.5) is 34.1 Å². The van der Waals surface area contributed by atoms with Crippen molar-refractivity contribution in [3.8, 4) is 0 Å². The predicted molar refractivity (Wildman–Crippen MR) is 404 cm³/mol. The zero-order chi connectivity index (χ0) is 89.5. The van der Waals surface area contributed by atoms with E-state index in [1.807, 2.05) is 12.1 Å². The first kappa shape index (κ1) is 95.6. The summed E-state index contributed by atoms with van der Waals surface area (Å²) in [7, 11) is 0. The molecule has 16 bridgehead atoms. The molecule has 30 saturated heterocycles. The average molecular weight is 1790 g/mol. The van der Waals surface area contributed by atoms with Crippen LogP contribution in [0.15, 0.2) is 118 Å². The molecule has 0 radical (unpaired) electrons. The lowest BCUT2D eigenvalue weighted by Crippen LogP contribution is -2.69. The average Bonchev–Trinajstić information content (AvgIpc) is 0.771. The van der Waals surface area contributed by atoms with Crippen LogP contribution in [0.25, 0.3) is 0 Å². The molecular formula is C76H103N7O42. The van der Waals surface area contributed by atoms with E-state index in [9.17, 15) is 127 Å². The normalized spacial score (nSPS) is 42.4. The molecule has 0 spiro atoms. The number of carboxylic acid groups (broad SMARTS) is 1. The van der Waals surface area contributed by atoms with Crippen molar-refractivity contribution in [3.63, 3.8) is 0 Å². The first-order valence-corrected chi connectivity index (χ1v) is 39.8. The van der Waals surface area contributed by atoms with Gasteiger partial charge in [-0.3, -0.25) is 4.79 Å². The van der Waals surface area contributed by atoms with Gasteiger partial charge in [0.1, 0.15) is 195 Å². The summed E-state index contributed by atoms with van der Waals surface area (Å²) >= 11 is 0. The first-order chi connectivity index (χ1) is 60.0. The Morgan fingerprint density at radius 1 is 0.248 bits per heavy atom. The summed E-state index contributed by atoms with van der Waals surface area (Å²) in [6.07, 6.45) is -84.3. The maximum absolute atomic E-state index is 14.1. The quantitative estimate of drug-likeness (QED) is 0.0289. The van der Waals surface area contributed by atoms with E-state index in [0.717, 1.165) is 11.4 Å². The number of aliphatic hydroxyl groups is 23. The van der Waals surface area contributed by atoms with E-state index in [-0.39, 0.29) is 16.8 Å². The molecule has 34 rings (SSSR count). The van der Waals surface area contributed by atoms with Crippen LogP contribution in [-0.4, -0.2) is 446 Å². The molecule has 4 aromatic rings. The number of carbonyl (C=O) groups excluding carboxylic acids is 1. The zero-order valence-corrected chi connectivity index (χ0v) is 65.8. The Bertz CT molecular complexity index is 4110. The Morgan fingerprint density at radius 2 is 0.432 bits per heavy atom. The number of amides is 1. The molecule has 0 aromatic heterocycles. The smallest absolute Gasteiger partial charge is 0.335 e. The monoisotopic (exact) mass is 1790 g/mol. The number of ether oxygens (including phenoxy) is 16. The number of aliphatic hydroxyl groups excluding tert-OH is 23. The molecule has 30 heterocycles. The van der Waals surface area contributed by atoms with Crippen LogP contribution in [0.1, 0.15) is 20.7 Å². The second-order valence-corrected chi connectivity index (χ2v) is 30.7. The maximum Gasteiger partial charge on any atom is 0.335 e. The van der Waals surface area contributed by atoms with Crippen molar-refractivity contribution in [2.45, 2.75) is 246 Å². The highest BCUT2D eigenvalue weighted by molar-refractivity contribution is 5.94. The number of azo groups is 2. The summed E-state index contributed by atoms with van der Waals surface area (Å²) in [4.78, 5) is 25.2. The Morgan fingerprint density at radius 3 is 0.632 bits per heavy atom. The van der Waals surface area contributed by atoms with E-state index in [2.05, 4.69) is 36.4 Å². The topological polar surface area (TPSA) is 753 Å². The van der Waals surface area contributed by atoms with Gasteiger partial charge < -0.3 is 214 Å². The van der Waals surface area contributed by atoms with Crippen LogP contribution < -0.4 is 16.0 Å². The predicted octanol–water partition coefficient (Wildman–Crippen LogP) is -9.92. The fraction of sp³-hybridized carbons (Fsp3) is 0.658. The van der Waals surface area contributed by atoms with Gasteiger partial charge in [0.05, 0.1) is 74.6 Å². The fourth-order valence-corrected chi connectivity index (χ4v) is 15.5. The van der Waals surface area contributed by atoms with Gasteiger partial charge in [-0.1, -0.05) is 0 Å². The number of aromatic carboxylic acids is 1. The summed E-state index contributed by atoms with van der Waals surface area (Å²) < 4.78 is 93.5. The highest BCUT2D eigenvalue weighted by Crippen LogP contribution is 2.41. The minimum Gasteiger partial charge on any atom is -0.478 e. The Labute approximate surface area is 707 Å². The molecule has 694 valence electrons. The Hall–Kier alpha value is -6.94. The third-order valence-corrected chi connectivity index (χ3v) is 22.5. The Kier molecular flexibility index (Phi) is 32.7. The molecular weight excluding hydrogens is 1680 g/mol. The number of nitrogens with zero attached hydrogens (tertiary/aromatic N) is 4. The highest BCUT2D eigenvalue weighted by Gasteiger charge is 2.61. The second-order valence-electron chi connectivity index (χ2n) is 30.7. The second kappa shape index (κ2) is 42.7.